The lowest BCUT2D eigenvalue weighted by atomic mass is 10.1. The van der Waals surface area contributed by atoms with Crippen molar-refractivity contribution >= 4 is 5.95 Å². The molecular formula is C12H16N4. The largest absolute Gasteiger partial charge is 0.369 e. The first-order chi connectivity index (χ1) is 7.70. The summed E-state index contributed by atoms with van der Waals surface area (Å²) in [6, 6.07) is 4.06. The number of imidazole rings is 1. The summed E-state index contributed by atoms with van der Waals surface area (Å²) in [5, 5.41) is 0. The van der Waals surface area contributed by atoms with E-state index in [1.165, 1.54) is 5.56 Å². The second-order valence-corrected chi connectivity index (χ2v) is 3.83. The zero-order chi connectivity index (χ0) is 11.5. The monoisotopic (exact) mass is 216 g/mol. The first-order valence-electron chi connectivity index (χ1n) is 5.42. The Morgan fingerprint density at radius 2 is 2.25 bits per heavy atom. The Morgan fingerprint density at radius 3 is 2.88 bits per heavy atom. The van der Waals surface area contributed by atoms with Crippen LogP contribution in [-0.2, 0) is 13.0 Å². The molecule has 0 amide bonds. The quantitative estimate of drug-likeness (QED) is 0.850. The number of nitrogen functional groups attached to an aromatic ring is 1. The third-order valence-electron chi connectivity index (χ3n) is 2.61. The van der Waals surface area contributed by atoms with E-state index >= 15 is 0 Å². The van der Waals surface area contributed by atoms with Gasteiger partial charge in [-0.2, -0.15) is 0 Å². The maximum Gasteiger partial charge on any atom is 0.200 e. The van der Waals surface area contributed by atoms with Gasteiger partial charge in [-0.3, -0.25) is 4.98 Å². The highest BCUT2D eigenvalue weighted by Gasteiger charge is 2.06. The van der Waals surface area contributed by atoms with Crippen LogP contribution in [0.1, 0.15) is 23.9 Å². The molecule has 0 bridgehead atoms. The summed E-state index contributed by atoms with van der Waals surface area (Å²) in [7, 11) is 0. The van der Waals surface area contributed by atoms with Crippen LogP contribution in [-0.4, -0.2) is 14.5 Å². The number of nitrogens with two attached hydrogens (primary N) is 1. The lowest BCUT2D eigenvalue weighted by Gasteiger charge is -2.07. The molecule has 2 aromatic rings. The van der Waals surface area contributed by atoms with Gasteiger partial charge in [-0.15, -0.1) is 0 Å². The summed E-state index contributed by atoms with van der Waals surface area (Å²) >= 11 is 0. The lowest BCUT2D eigenvalue weighted by Crippen LogP contribution is -2.07. The minimum Gasteiger partial charge on any atom is -0.369 e. The normalized spacial score (nSPS) is 10.6. The Bertz CT molecular complexity index is 488. The molecule has 4 nitrogen and oxygen atoms in total. The fraction of sp³-hybridized carbons (Fsp3) is 0.333. The van der Waals surface area contributed by atoms with Crippen molar-refractivity contribution in [3.63, 3.8) is 0 Å². The topological polar surface area (TPSA) is 56.7 Å². The Labute approximate surface area is 95.1 Å². The Balaban J connectivity index is 2.30. The van der Waals surface area contributed by atoms with Crippen molar-refractivity contribution in [3.05, 3.63) is 41.5 Å². The predicted octanol–water partition coefficient (Wildman–Crippen LogP) is 1.78. The fourth-order valence-electron chi connectivity index (χ4n) is 1.79. The van der Waals surface area contributed by atoms with Crippen LogP contribution in [0, 0.1) is 6.92 Å². The Kier molecular flexibility index (Phi) is 2.90. The van der Waals surface area contributed by atoms with Crippen molar-refractivity contribution in [3.8, 4) is 0 Å². The van der Waals surface area contributed by atoms with E-state index in [9.17, 15) is 0 Å². The molecule has 2 aromatic heterocycles. The van der Waals surface area contributed by atoms with Crippen LogP contribution >= 0.6 is 0 Å². The van der Waals surface area contributed by atoms with E-state index in [1.54, 1.807) is 0 Å². The molecule has 0 aliphatic heterocycles. The van der Waals surface area contributed by atoms with Gasteiger partial charge in [0.15, 0.2) is 0 Å². The number of aryl methyl sites for hydroxylation is 2. The number of hydrogen-bond donors (Lipinski definition) is 1. The average molecular weight is 216 g/mol. The molecule has 0 atom stereocenters. The molecule has 84 valence electrons. The molecule has 0 aromatic carbocycles. The molecule has 16 heavy (non-hydrogen) atoms. The van der Waals surface area contributed by atoms with Gasteiger partial charge < -0.3 is 10.3 Å². The van der Waals surface area contributed by atoms with Crippen molar-refractivity contribution in [1.82, 2.24) is 14.5 Å². The molecule has 0 radical (unpaired) electrons. The van der Waals surface area contributed by atoms with E-state index in [1.807, 2.05) is 30.0 Å². The molecule has 0 saturated heterocycles. The number of rotatable bonds is 3. The van der Waals surface area contributed by atoms with Crippen LogP contribution in [0.4, 0.5) is 5.95 Å². The van der Waals surface area contributed by atoms with Crippen LogP contribution in [0.5, 0.6) is 0 Å². The fourth-order valence-corrected chi connectivity index (χ4v) is 1.79. The molecule has 2 rings (SSSR count). The highest BCUT2D eigenvalue weighted by molar-refractivity contribution is 5.26. The predicted molar refractivity (Wildman–Crippen MR) is 64.1 cm³/mol. The van der Waals surface area contributed by atoms with Crippen LogP contribution < -0.4 is 5.73 Å². The highest BCUT2D eigenvalue weighted by Crippen LogP contribution is 2.11. The summed E-state index contributed by atoms with van der Waals surface area (Å²) in [5.41, 5.74) is 9.06. The highest BCUT2D eigenvalue weighted by atomic mass is 15.1. The summed E-state index contributed by atoms with van der Waals surface area (Å²) < 4.78 is 1.93. The number of pyridine rings is 1. The van der Waals surface area contributed by atoms with Crippen LogP contribution in [0.3, 0.4) is 0 Å². The molecular weight excluding hydrogens is 200 g/mol. The van der Waals surface area contributed by atoms with Crippen molar-refractivity contribution in [1.29, 1.82) is 0 Å². The average Bonchev–Trinajstić information content (AvgIpc) is 2.58. The second-order valence-electron chi connectivity index (χ2n) is 3.83. The second kappa shape index (κ2) is 4.35. The van der Waals surface area contributed by atoms with E-state index in [-0.39, 0.29) is 0 Å². The van der Waals surface area contributed by atoms with E-state index in [0.29, 0.717) is 12.5 Å². The van der Waals surface area contributed by atoms with Gasteiger partial charge in [-0.05, 0) is 25.0 Å². The number of aromatic nitrogens is 3. The SMILES string of the molecule is CCc1cccnc1Cn1cc(C)nc1N. The summed E-state index contributed by atoms with van der Waals surface area (Å²) in [6.45, 7) is 4.76. The molecule has 2 N–H and O–H groups in total. The lowest BCUT2D eigenvalue weighted by molar-refractivity contribution is 0.771. The van der Waals surface area contributed by atoms with Crippen molar-refractivity contribution in [2.24, 2.45) is 0 Å². The molecule has 2 heterocycles. The molecule has 0 spiro atoms. The van der Waals surface area contributed by atoms with Gasteiger partial charge in [0.1, 0.15) is 0 Å². The van der Waals surface area contributed by atoms with Crippen LogP contribution in [0.25, 0.3) is 0 Å². The molecule has 0 fully saturated rings. The summed E-state index contributed by atoms with van der Waals surface area (Å²) in [4.78, 5) is 8.57. The van der Waals surface area contributed by atoms with Crippen molar-refractivity contribution < 1.29 is 0 Å². The van der Waals surface area contributed by atoms with Crippen LogP contribution in [0.2, 0.25) is 0 Å². The molecule has 0 saturated carbocycles. The molecule has 4 heteroatoms. The standard InChI is InChI=1S/C12H16N4/c1-3-10-5-4-6-14-11(10)8-16-7-9(2)15-12(16)13/h4-7H,3,8H2,1-2H3,(H2,13,15). The number of hydrogen-bond acceptors (Lipinski definition) is 3. The maximum absolute atomic E-state index is 5.80. The zero-order valence-corrected chi connectivity index (χ0v) is 9.64. The maximum atomic E-state index is 5.80. The van der Waals surface area contributed by atoms with Gasteiger partial charge in [0.25, 0.3) is 0 Å². The minimum atomic E-state index is 0.546. The van der Waals surface area contributed by atoms with E-state index < -0.39 is 0 Å². The number of nitrogens with zero attached hydrogens (tertiary/aromatic N) is 3. The Morgan fingerprint density at radius 1 is 1.44 bits per heavy atom. The number of anilines is 1. The van der Waals surface area contributed by atoms with Gasteiger partial charge in [-0.25, -0.2) is 4.98 Å². The van der Waals surface area contributed by atoms with Gasteiger partial charge in [0, 0.05) is 12.4 Å². The smallest absolute Gasteiger partial charge is 0.200 e. The van der Waals surface area contributed by atoms with Crippen molar-refractivity contribution in [2.45, 2.75) is 26.8 Å². The van der Waals surface area contributed by atoms with E-state index in [4.69, 9.17) is 5.73 Å². The summed E-state index contributed by atoms with van der Waals surface area (Å²) in [5.74, 6) is 0.546. The van der Waals surface area contributed by atoms with Gasteiger partial charge >= 0.3 is 0 Å². The van der Waals surface area contributed by atoms with Gasteiger partial charge in [0.05, 0.1) is 17.9 Å². The minimum absolute atomic E-state index is 0.546. The third kappa shape index (κ3) is 2.05. The molecule has 0 aliphatic rings. The van der Waals surface area contributed by atoms with Crippen LogP contribution in [0.15, 0.2) is 24.5 Å². The molecule has 0 unspecified atom stereocenters. The third-order valence-corrected chi connectivity index (χ3v) is 2.61. The van der Waals surface area contributed by atoms with E-state index in [0.717, 1.165) is 17.8 Å². The summed E-state index contributed by atoms with van der Waals surface area (Å²) in [6.07, 6.45) is 4.74. The van der Waals surface area contributed by atoms with Gasteiger partial charge in [0.2, 0.25) is 5.95 Å². The first-order valence-corrected chi connectivity index (χ1v) is 5.42. The Hall–Kier alpha value is -1.84. The van der Waals surface area contributed by atoms with E-state index in [2.05, 4.69) is 23.0 Å². The zero-order valence-electron chi connectivity index (χ0n) is 9.64. The van der Waals surface area contributed by atoms with Gasteiger partial charge in [-0.1, -0.05) is 13.0 Å². The van der Waals surface area contributed by atoms with Crippen molar-refractivity contribution in [2.75, 3.05) is 5.73 Å². The molecule has 0 aliphatic carbocycles. The first kappa shape index (κ1) is 10.7.